The van der Waals surface area contributed by atoms with Gasteiger partial charge in [-0.05, 0) is 36.8 Å². The normalized spacial score (nSPS) is 33.1. The van der Waals surface area contributed by atoms with Crippen LogP contribution in [-0.2, 0) is 10.0 Å². The van der Waals surface area contributed by atoms with E-state index in [1.165, 1.54) is 12.8 Å². The Bertz CT molecular complexity index is 652. The minimum Gasteiger partial charge on any atom is -0.264 e. The van der Waals surface area contributed by atoms with Gasteiger partial charge >= 0.3 is 0 Å². The summed E-state index contributed by atoms with van der Waals surface area (Å²) in [7, 11) is -3.41. The maximum absolute atomic E-state index is 12.0. The Hall–Kier alpha value is -1.36. The van der Waals surface area contributed by atoms with Crippen LogP contribution in [0.1, 0.15) is 38.7 Å². The highest BCUT2D eigenvalue weighted by Crippen LogP contribution is 2.36. The van der Waals surface area contributed by atoms with Gasteiger partial charge < -0.3 is 0 Å². The average Bonchev–Trinajstić information content (AvgIpc) is 2.90. The standard InChI is InChI=1S/C15H20N2O2S/c1-3-11-8-9-13(10(11)2)16-15-12-6-4-5-7-14(12)20(18,19)17-15/h4-7,10-11,13H,3,8-9H2,1-2H3,(H,16,17). The molecule has 1 aromatic rings. The summed E-state index contributed by atoms with van der Waals surface area (Å²) in [5, 5.41) is 0. The van der Waals surface area contributed by atoms with E-state index in [-0.39, 0.29) is 6.04 Å². The first-order valence-corrected chi connectivity index (χ1v) is 8.71. The molecule has 1 fully saturated rings. The van der Waals surface area contributed by atoms with E-state index in [1.807, 2.05) is 12.1 Å². The minimum atomic E-state index is -3.41. The molecular weight excluding hydrogens is 272 g/mol. The summed E-state index contributed by atoms with van der Waals surface area (Å²) < 4.78 is 26.7. The Morgan fingerprint density at radius 3 is 2.75 bits per heavy atom. The zero-order chi connectivity index (χ0) is 14.3. The molecule has 2 aliphatic rings. The Balaban J connectivity index is 1.95. The zero-order valence-corrected chi connectivity index (χ0v) is 12.7. The summed E-state index contributed by atoms with van der Waals surface area (Å²) in [6, 6.07) is 7.27. The zero-order valence-electron chi connectivity index (χ0n) is 11.8. The van der Waals surface area contributed by atoms with Crippen LogP contribution in [0.3, 0.4) is 0 Å². The molecule has 3 unspecified atom stereocenters. The molecule has 1 heterocycles. The first-order chi connectivity index (χ1) is 9.53. The lowest BCUT2D eigenvalue weighted by Crippen LogP contribution is -2.25. The van der Waals surface area contributed by atoms with Gasteiger partial charge in [0.2, 0.25) is 0 Å². The lowest BCUT2D eigenvalue weighted by Gasteiger charge is -2.16. The number of benzene rings is 1. The van der Waals surface area contributed by atoms with Gasteiger partial charge in [-0.15, -0.1) is 0 Å². The van der Waals surface area contributed by atoms with Crippen molar-refractivity contribution in [1.29, 1.82) is 0 Å². The van der Waals surface area contributed by atoms with Crippen molar-refractivity contribution >= 4 is 15.9 Å². The molecule has 3 atom stereocenters. The Labute approximate surface area is 120 Å². The molecule has 1 N–H and O–H groups in total. The minimum absolute atomic E-state index is 0.226. The fraction of sp³-hybridized carbons (Fsp3) is 0.533. The predicted molar refractivity (Wildman–Crippen MR) is 79.3 cm³/mol. The molecule has 0 spiro atoms. The molecule has 108 valence electrons. The largest absolute Gasteiger partial charge is 0.264 e. The van der Waals surface area contributed by atoms with Crippen molar-refractivity contribution in [2.24, 2.45) is 16.8 Å². The molecule has 1 aliphatic heterocycles. The molecule has 0 amide bonds. The average molecular weight is 292 g/mol. The smallest absolute Gasteiger partial charge is 0.263 e. The molecule has 4 nitrogen and oxygen atoms in total. The summed E-state index contributed by atoms with van der Waals surface area (Å²) in [6.45, 7) is 4.44. The number of rotatable bonds is 2. The van der Waals surface area contributed by atoms with E-state index < -0.39 is 10.0 Å². The van der Waals surface area contributed by atoms with Crippen LogP contribution in [0.25, 0.3) is 0 Å². The topological polar surface area (TPSA) is 58.5 Å². The molecular formula is C15H20N2O2S. The van der Waals surface area contributed by atoms with Crippen molar-refractivity contribution in [2.75, 3.05) is 0 Å². The predicted octanol–water partition coefficient (Wildman–Crippen LogP) is 2.55. The van der Waals surface area contributed by atoms with Gasteiger partial charge in [-0.2, -0.15) is 0 Å². The first kappa shape index (κ1) is 13.6. The molecule has 5 heteroatoms. The van der Waals surface area contributed by atoms with Crippen LogP contribution >= 0.6 is 0 Å². The third-order valence-electron chi connectivity index (χ3n) is 4.67. The van der Waals surface area contributed by atoms with E-state index in [2.05, 4.69) is 18.6 Å². The summed E-state index contributed by atoms with van der Waals surface area (Å²) >= 11 is 0. The van der Waals surface area contributed by atoms with Gasteiger partial charge in [-0.25, -0.2) is 8.42 Å². The van der Waals surface area contributed by atoms with Gasteiger partial charge in [-0.3, -0.25) is 9.71 Å². The number of amidine groups is 1. The fourth-order valence-corrected chi connectivity index (χ4v) is 4.62. The Morgan fingerprint density at radius 2 is 2.05 bits per heavy atom. The second kappa shape index (κ2) is 4.88. The number of fused-ring (bicyclic) bond motifs is 1. The van der Waals surface area contributed by atoms with Crippen molar-refractivity contribution in [2.45, 2.75) is 44.0 Å². The van der Waals surface area contributed by atoms with Crippen molar-refractivity contribution in [3.8, 4) is 0 Å². The number of hydrogen-bond donors (Lipinski definition) is 1. The molecule has 0 saturated heterocycles. The quantitative estimate of drug-likeness (QED) is 0.910. The maximum Gasteiger partial charge on any atom is 0.263 e. The third kappa shape index (κ3) is 2.14. The summed E-state index contributed by atoms with van der Waals surface area (Å²) in [6.07, 6.45) is 3.41. The van der Waals surface area contributed by atoms with E-state index in [1.54, 1.807) is 12.1 Å². The van der Waals surface area contributed by atoms with E-state index in [9.17, 15) is 8.42 Å². The van der Waals surface area contributed by atoms with Gasteiger partial charge in [0.25, 0.3) is 10.0 Å². The van der Waals surface area contributed by atoms with Crippen LogP contribution in [0.5, 0.6) is 0 Å². The highest BCUT2D eigenvalue weighted by Gasteiger charge is 2.35. The lowest BCUT2D eigenvalue weighted by atomic mass is 9.94. The van der Waals surface area contributed by atoms with Gasteiger partial charge in [-0.1, -0.05) is 32.4 Å². The Kier molecular flexibility index (Phi) is 3.32. The number of nitrogens with zero attached hydrogens (tertiary/aromatic N) is 1. The summed E-state index contributed by atoms with van der Waals surface area (Å²) in [5.41, 5.74) is 0.708. The lowest BCUT2D eigenvalue weighted by molar-refractivity contribution is 0.383. The van der Waals surface area contributed by atoms with E-state index in [0.29, 0.717) is 28.1 Å². The first-order valence-electron chi connectivity index (χ1n) is 7.23. The van der Waals surface area contributed by atoms with Crippen molar-refractivity contribution < 1.29 is 8.42 Å². The van der Waals surface area contributed by atoms with Crippen molar-refractivity contribution in [3.63, 3.8) is 0 Å². The van der Waals surface area contributed by atoms with Gasteiger partial charge in [0, 0.05) is 5.56 Å². The van der Waals surface area contributed by atoms with Gasteiger partial charge in [0.1, 0.15) is 5.84 Å². The van der Waals surface area contributed by atoms with Crippen LogP contribution in [0, 0.1) is 11.8 Å². The monoisotopic (exact) mass is 292 g/mol. The van der Waals surface area contributed by atoms with Crippen LogP contribution in [-0.4, -0.2) is 20.3 Å². The molecule has 20 heavy (non-hydrogen) atoms. The SMILES string of the molecule is CCC1CCC(N=C2NS(=O)(=O)c3ccccc32)C1C. The molecule has 0 bridgehead atoms. The van der Waals surface area contributed by atoms with Crippen molar-refractivity contribution in [3.05, 3.63) is 29.8 Å². The second-order valence-corrected chi connectivity index (χ2v) is 7.40. The Morgan fingerprint density at radius 1 is 1.30 bits per heavy atom. The molecule has 0 radical (unpaired) electrons. The fourth-order valence-electron chi connectivity index (χ4n) is 3.38. The molecule has 1 aromatic carbocycles. The van der Waals surface area contributed by atoms with Crippen LogP contribution in [0.4, 0.5) is 0 Å². The number of aliphatic imine (C=N–C) groups is 1. The number of hydrogen-bond acceptors (Lipinski definition) is 3. The van der Waals surface area contributed by atoms with Gasteiger partial charge in [0.15, 0.2) is 0 Å². The highest BCUT2D eigenvalue weighted by atomic mass is 32.2. The number of sulfonamides is 1. The maximum atomic E-state index is 12.0. The van der Waals surface area contributed by atoms with E-state index >= 15 is 0 Å². The third-order valence-corrected chi connectivity index (χ3v) is 6.06. The molecule has 1 saturated carbocycles. The second-order valence-electron chi connectivity index (χ2n) is 5.75. The van der Waals surface area contributed by atoms with E-state index in [4.69, 9.17) is 4.99 Å². The van der Waals surface area contributed by atoms with Crippen LogP contribution < -0.4 is 4.72 Å². The summed E-state index contributed by atoms with van der Waals surface area (Å²) in [4.78, 5) is 5.06. The van der Waals surface area contributed by atoms with Crippen molar-refractivity contribution in [1.82, 2.24) is 4.72 Å². The van der Waals surface area contributed by atoms with Crippen LogP contribution in [0.2, 0.25) is 0 Å². The van der Waals surface area contributed by atoms with Gasteiger partial charge in [0.05, 0.1) is 10.9 Å². The van der Waals surface area contributed by atoms with Crippen LogP contribution in [0.15, 0.2) is 34.2 Å². The molecule has 3 rings (SSSR count). The molecule has 1 aliphatic carbocycles. The number of nitrogens with one attached hydrogen (secondary N) is 1. The summed E-state index contributed by atoms with van der Waals surface area (Å²) in [5.74, 6) is 1.75. The highest BCUT2D eigenvalue weighted by molar-refractivity contribution is 7.90. The molecule has 0 aromatic heterocycles. The van der Waals surface area contributed by atoms with E-state index in [0.717, 1.165) is 6.42 Å².